The third-order valence-electron chi connectivity index (χ3n) is 4.34. The second-order valence-corrected chi connectivity index (χ2v) is 6.14. The molecule has 2 heterocycles. The Morgan fingerprint density at radius 1 is 1.32 bits per heavy atom. The molecule has 0 spiro atoms. The largest absolute Gasteiger partial charge is 0.425 e. The lowest BCUT2D eigenvalue weighted by Gasteiger charge is -2.39. The van der Waals surface area contributed by atoms with Gasteiger partial charge in [-0.15, -0.1) is 0 Å². The zero-order chi connectivity index (χ0) is 15.5. The minimum absolute atomic E-state index is 0.176. The summed E-state index contributed by atoms with van der Waals surface area (Å²) in [5.41, 5.74) is 1.97. The number of esters is 1. The second kappa shape index (κ2) is 6.77. The first-order valence-electron chi connectivity index (χ1n) is 7.82. The SMILES string of the molecule is Cc1cccc(C)c1OC(=O)CN1CCOC(C2COC2)C1. The molecule has 1 unspecified atom stereocenters. The first-order chi connectivity index (χ1) is 10.6. The average Bonchev–Trinajstić information content (AvgIpc) is 2.42. The summed E-state index contributed by atoms with van der Waals surface area (Å²) in [5, 5.41) is 0. The van der Waals surface area contributed by atoms with Crippen molar-refractivity contribution in [2.75, 3.05) is 39.5 Å². The molecule has 1 atom stereocenters. The van der Waals surface area contributed by atoms with Gasteiger partial charge in [-0.25, -0.2) is 0 Å². The van der Waals surface area contributed by atoms with E-state index in [9.17, 15) is 4.79 Å². The van der Waals surface area contributed by atoms with Crippen LogP contribution in [0.5, 0.6) is 5.75 Å². The van der Waals surface area contributed by atoms with Crippen LogP contribution in [-0.2, 0) is 14.3 Å². The Morgan fingerprint density at radius 3 is 2.68 bits per heavy atom. The second-order valence-electron chi connectivity index (χ2n) is 6.14. The van der Waals surface area contributed by atoms with Crippen LogP contribution < -0.4 is 4.74 Å². The summed E-state index contributed by atoms with van der Waals surface area (Å²) in [6.07, 6.45) is 0.176. The van der Waals surface area contributed by atoms with E-state index in [0.29, 0.717) is 24.8 Å². The first kappa shape index (κ1) is 15.5. The van der Waals surface area contributed by atoms with Gasteiger partial charge in [-0.3, -0.25) is 9.69 Å². The molecule has 0 bridgehead atoms. The van der Waals surface area contributed by atoms with Crippen LogP contribution in [0.15, 0.2) is 18.2 Å². The molecule has 5 nitrogen and oxygen atoms in total. The van der Waals surface area contributed by atoms with E-state index in [-0.39, 0.29) is 12.1 Å². The minimum Gasteiger partial charge on any atom is -0.425 e. The maximum atomic E-state index is 12.2. The van der Waals surface area contributed by atoms with Gasteiger partial charge in [0.1, 0.15) is 5.75 Å². The molecule has 0 aliphatic carbocycles. The van der Waals surface area contributed by atoms with Gasteiger partial charge >= 0.3 is 5.97 Å². The third kappa shape index (κ3) is 3.48. The minimum atomic E-state index is -0.206. The van der Waals surface area contributed by atoms with Crippen molar-refractivity contribution in [3.8, 4) is 5.75 Å². The van der Waals surface area contributed by atoms with Gasteiger partial charge in [0.25, 0.3) is 0 Å². The summed E-state index contributed by atoms with van der Waals surface area (Å²) in [5.74, 6) is 0.949. The van der Waals surface area contributed by atoms with Gasteiger partial charge in [0, 0.05) is 19.0 Å². The number of hydrogen-bond donors (Lipinski definition) is 0. The highest BCUT2D eigenvalue weighted by Gasteiger charge is 2.33. The van der Waals surface area contributed by atoms with Crippen LogP contribution in [0.4, 0.5) is 0 Å². The summed E-state index contributed by atoms with van der Waals surface area (Å²) in [4.78, 5) is 14.3. The van der Waals surface area contributed by atoms with E-state index in [2.05, 4.69) is 4.90 Å². The summed E-state index contributed by atoms with van der Waals surface area (Å²) in [6.45, 7) is 7.96. The zero-order valence-electron chi connectivity index (χ0n) is 13.2. The highest BCUT2D eigenvalue weighted by molar-refractivity contribution is 5.75. The van der Waals surface area contributed by atoms with Gasteiger partial charge in [-0.2, -0.15) is 0 Å². The molecule has 2 aliphatic heterocycles. The number of carbonyl (C=O) groups excluding carboxylic acids is 1. The first-order valence-corrected chi connectivity index (χ1v) is 7.82. The highest BCUT2D eigenvalue weighted by Crippen LogP contribution is 2.23. The number of nitrogens with zero attached hydrogens (tertiary/aromatic N) is 1. The Bertz CT molecular complexity index is 521. The van der Waals surface area contributed by atoms with E-state index in [1.807, 2.05) is 32.0 Å². The number of aryl methyl sites for hydroxylation is 2. The molecule has 0 saturated carbocycles. The normalized spacial score (nSPS) is 23.1. The van der Waals surface area contributed by atoms with Gasteiger partial charge in [0.15, 0.2) is 0 Å². The molecule has 120 valence electrons. The molecule has 0 radical (unpaired) electrons. The van der Waals surface area contributed by atoms with Crippen molar-refractivity contribution in [2.24, 2.45) is 5.92 Å². The summed E-state index contributed by atoms with van der Waals surface area (Å²) < 4.78 is 16.6. The number of para-hydroxylation sites is 1. The van der Waals surface area contributed by atoms with Gasteiger partial charge in [-0.05, 0) is 25.0 Å². The van der Waals surface area contributed by atoms with Crippen molar-refractivity contribution in [1.82, 2.24) is 4.90 Å². The van der Waals surface area contributed by atoms with Gasteiger partial charge < -0.3 is 14.2 Å². The number of ether oxygens (including phenoxy) is 3. The molecule has 5 heteroatoms. The van der Waals surface area contributed by atoms with Crippen LogP contribution in [-0.4, -0.2) is 56.4 Å². The standard InChI is InChI=1S/C17H23NO4/c1-12-4-3-5-13(2)17(12)22-16(19)9-18-6-7-21-15(8-18)14-10-20-11-14/h3-5,14-15H,6-11H2,1-2H3. The van der Waals surface area contributed by atoms with Crippen molar-refractivity contribution in [3.05, 3.63) is 29.3 Å². The fourth-order valence-corrected chi connectivity index (χ4v) is 2.92. The van der Waals surface area contributed by atoms with Gasteiger partial charge in [0.2, 0.25) is 0 Å². The lowest BCUT2D eigenvalue weighted by atomic mass is 9.99. The molecule has 0 N–H and O–H groups in total. The van der Waals surface area contributed by atoms with E-state index >= 15 is 0 Å². The Kier molecular flexibility index (Phi) is 4.76. The molecule has 0 amide bonds. The van der Waals surface area contributed by atoms with Crippen molar-refractivity contribution >= 4 is 5.97 Å². The average molecular weight is 305 g/mol. The molecule has 1 aromatic carbocycles. The topological polar surface area (TPSA) is 48.0 Å². The number of hydrogen-bond acceptors (Lipinski definition) is 5. The quantitative estimate of drug-likeness (QED) is 0.624. The van der Waals surface area contributed by atoms with E-state index in [4.69, 9.17) is 14.2 Å². The molecular weight excluding hydrogens is 282 g/mol. The maximum absolute atomic E-state index is 12.2. The Labute approximate surface area is 131 Å². The number of rotatable bonds is 4. The molecule has 1 aromatic rings. The molecule has 22 heavy (non-hydrogen) atoms. The Balaban J connectivity index is 1.55. The fourth-order valence-electron chi connectivity index (χ4n) is 2.92. The van der Waals surface area contributed by atoms with Crippen LogP contribution in [0.3, 0.4) is 0 Å². The predicted molar refractivity (Wildman–Crippen MR) is 82.0 cm³/mol. The molecule has 2 saturated heterocycles. The molecule has 2 fully saturated rings. The van der Waals surface area contributed by atoms with Crippen molar-refractivity contribution in [3.63, 3.8) is 0 Å². The lowest BCUT2D eigenvalue weighted by molar-refractivity contribution is -0.149. The fraction of sp³-hybridized carbons (Fsp3) is 0.588. The number of morpholine rings is 1. The van der Waals surface area contributed by atoms with E-state index in [1.165, 1.54) is 0 Å². The van der Waals surface area contributed by atoms with E-state index in [0.717, 1.165) is 37.4 Å². The van der Waals surface area contributed by atoms with Crippen molar-refractivity contribution in [2.45, 2.75) is 20.0 Å². The molecule has 0 aromatic heterocycles. The van der Waals surface area contributed by atoms with E-state index in [1.54, 1.807) is 0 Å². The lowest BCUT2D eigenvalue weighted by Crippen LogP contribution is -2.52. The van der Waals surface area contributed by atoms with Crippen LogP contribution in [0.1, 0.15) is 11.1 Å². The summed E-state index contributed by atoms with van der Waals surface area (Å²) >= 11 is 0. The smallest absolute Gasteiger partial charge is 0.325 e. The third-order valence-corrected chi connectivity index (χ3v) is 4.34. The van der Waals surface area contributed by atoms with Crippen molar-refractivity contribution < 1.29 is 19.0 Å². The summed E-state index contributed by atoms with van der Waals surface area (Å²) in [6, 6.07) is 5.88. The Hall–Kier alpha value is -1.43. The van der Waals surface area contributed by atoms with E-state index < -0.39 is 0 Å². The molecule has 2 aliphatic rings. The zero-order valence-corrected chi connectivity index (χ0v) is 13.2. The van der Waals surface area contributed by atoms with Crippen LogP contribution in [0.25, 0.3) is 0 Å². The number of carbonyl (C=O) groups is 1. The van der Waals surface area contributed by atoms with Gasteiger partial charge in [-0.1, -0.05) is 18.2 Å². The molecular formula is C17H23NO4. The molecule has 3 rings (SSSR count). The van der Waals surface area contributed by atoms with Crippen LogP contribution >= 0.6 is 0 Å². The van der Waals surface area contributed by atoms with Crippen LogP contribution in [0, 0.1) is 19.8 Å². The predicted octanol–water partition coefficient (Wildman–Crippen LogP) is 1.56. The van der Waals surface area contributed by atoms with Crippen molar-refractivity contribution in [1.29, 1.82) is 0 Å². The summed E-state index contributed by atoms with van der Waals surface area (Å²) in [7, 11) is 0. The number of benzene rings is 1. The maximum Gasteiger partial charge on any atom is 0.325 e. The monoisotopic (exact) mass is 305 g/mol. The Morgan fingerprint density at radius 2 is 2.05 bits per heavy atom. The highest BCUT2D eigenvalue weighted by atomic mass is 16.5. The van der Waals surface area contributed by atoms with Gasteiger partial charge in [0.05, 0.1) is 32.5 Å². The van der Waals surface area contributed by atoms with Crippen LogP contribution in [0.2, 0.25) is 0 Å².